The summed E-state index contributed by atoms with van der Waals surface area (Å²) in [6.07, 6.45) is 0.819. The summed E-state index contributed by atoms with van der Waals surface area (Å²) in [7, 11) is 0. The largest absolute Gasteiger partial charge is 0.399 e. The molecule has 19 heavy (non-hydrogen) atoms. The van der Waals surface area contributed by atoms with Crippen LogP contribution in [-0.4, -0.2) is 16.6 Å². The van der Waals surface area contributed by atoms with E-state index in [0.717, 1.165) is 5.56 Å². The predicted octanol–water partition coefficient (Wildman–Crippen LogP) is 3.12. The van der Waals surface area contributed by atoms with E-state index in [2.05, 4.69) is 10.3 Å². The van der Waals surface area contributed by atoms with Crippen LogP contribution in [0, 0.1) is 0 Å². The summed E-state index contributed by atoms with van der Waals surface area (Å²) in [6, 6.07) is 8.63. The molecule has 0 spiro atoms. The minimum Gasteiger partial charge on any atom is -0.399 e. The molecule has 0 aliphatic heterocycles. The third kappa shape index (κ3) is 3.73. The Kier molecular flexibility index (Phi) is 4.47. The SMILES string of the molecule is Nc1ccc(C(O)CNc2ncc(Cl)cc2Cl)cc1. The lowest BCUT2D eigenvalue weighted by molar-refractivity contribution is 0.191. The van der Waals surface area contributed by atoms with Crippen molar-refractivity contribution in [3.8, 4) is 0 Å². The van der Waals surface area contributed by atoms with Crippen molar-refractivity contribution in [3.63, 3.8) is 0 Å². The fraction of sp³-hybridized carbons (Fsp3) is 0.154. The number of nitrogen functional groups attached to an aromatic ring is 1. The Bertz CT molecular complexity index is 560. The highest BCUT2D eigenvalue weighted by Crippen LogP contribution is 2.23. The maximum absolute atomic E-state index is 10.0. The van der Waals surface area contributed by atoms with Gasteiger partial charge >= 0.3 is 0 Å². The first-order valence-electron chi connectivity index (χ1n) is 5.64. The van der Waals surface area contributed by atoms with Crippen LogP contribution < -0.4 is 11.1 Å². The summed E-state index contributed by atoms with van der Waals surface area (Å²) in [6.45, 7) is 0.290. The minimum absolute atomic E-state index is 0.290. The molecule has 100 valence electrons. The zero-order valence-corrected chi connectivity index (χ0v) is 11.5. The standard InChI is InChI=1S/C13H13Cl2N3O/c14-9-5-11(15)13(17-6-9)18-7-12(19)8-1-3-10(16)4-2-8/h1-6,12,19H,7,16H2,(H,17,18). The van der Waals surface area contributed by atoms with Gasteiger partial charge in [0.2, 0.25) is 0 Å². The molecule has 1 aromatic carbocycles. The van der Waals surface area contributed by atoms with Gasteiger partial charge in [-0.05, 0) is 23.8 Å². The van der Waals surface area contributed by atoms with Gasteiger partial charge in [-0.3, -0.25) is 0 Å². The third-order valence-corrected chi connectivity index (χ3v) is 3.09. The molecule has 0 aliphatic carbocycles. The van der Waals surface area contributed by atoms with Crippen LogP contribution in [0.5, 0.6) is 0 Å². The molecule has 1 heterocycles. The number of halogens is 2. The van der Waals surface area contributed by atoms with Crippen LogP contribution in [0.3, 0.4) is 0 Å². The lowest BCUT2D eigenvalue weighted by Gasteiger charge is -2.13. The summed E-state index contributed by atoms with van der Waals surface area (Å²) in [5, 5.41) is 13.9. The Morgan fingerprint density at radius 2 is 1.95 bits per heavy atom. The van der Waals surface area contributed by atoms with E-state index < -0.39 is 6.10 Å². The predicted molar refractivity (Wildman–Crippen MR) is 78.6 cm³/mol. The number of pyridine rings is 1. The lowest BCUT2D eigenvalue weighted by atomic mass is 10.1. The fourth-order valence-electron chi connectivity index (χ4n) is 1.57. The molecule has 0 fully saturated rings. The third-order valence-electron chi connectivity index (χ3n) is 2.59. The second-order valence-electron chi connectivity index (χ2n) is 4.05. The highest BCUT2D eigenvalue weighted by Gasteiger charge is 2.09. The zero-order chi connectivity index (χ0) is 13.8. The molecule has 6 heteroatoms. The van der Waals surface area contributed by atoms with Gasteiger partial charge in [0, 0.05) is 18.4 Å². The molecular weight excluding hydrogens is 285 g/mol. The molecule has 1 atom stereocenters. The van der Waals surface area contributed by atoms with Gasteiger partial charge in [-0.2, -0.15) is 0 Å². The maximum Gasteiger partial charge on any atom is 0.144 e. The number of nitrogens with two attached hydrogens (primary N) is 1. The van der Waals surface area contributed by atoms with Crippen molar-refractivity contribution in [2.45, 2.75) is 6.10 Å². The molecule has 4 nitrogen and oxygen atoms in total. The number of aliphatic hydroxyl groups excluding tert-OH is 1. The highest BCUT2D eigenvalue weighted by molar-refractivity contribution is 6.35. The first-order valence-corrected chi connectivity index (χ1v) is 6.40. The van der Waals surface area contributed by atoms with Crippen LogP contribution >= 0.6 is 23.2 Å². The molecule has 4 N–H and O–H groups in total. The van der Waals surface area contributed by atoms with Crippen LogP contribution in [0.15, 0.2) is 36.5 Å². The van der Waals surface area contributed by atoms with E-state index in [-0.39, 0.29) is 6.54 Å². The number of aromatic nitrogens is 1. The summed E-state index contributed by atoms with van der Waals surface area (Å²) < 4.78 is 0. The van der Waals surface area contributed by atoms with Gasteiger partial charge < -0.3 is 16.2 Å². The Morgan fingerprint density at radius 1 is 1.26 bits per heavy atom. The van der Waals surface area contributed by atoms with E-state index in [0.29, 0.717) is 21.6 Å². The fourth-order valence-corrected chi connectivity index (χ4v) is 2.02. The molecule has 0 saturated heterocycles. The highest BCUT2D eigenvalue weighted by atomic mass is 35.5. The van der Waals surface area contributed by atoms with Crippen LogP contribution in [0.1, 0.15) is 11.7 Å². The topological polar surface area (TPSA) is 71.2 Å². The molecule has 0 amide bonds. The smallest absolute Gasteiger partial charge is 0.144 e. The average Bonchev–Trinajstić information content (AvgIpc) is 2.38. The van der Waals surface area contributed by atoms with Crippen LogP contribution in [0.4, 0.5) is 11.5 Å². The van der Waals surface area contributed by atoms with E-state index in [1.807, 2.05) is 0 Å². The second kappa shape index (κ2) is 6.10. The number of anilines is 2. The van der Waals surface area contributed by atoms with E-state index in [4.69, 9.17) is 28.9 Å². The van der Waals surface area contributed by atoms with Crippen molar-refractivity contribution in [2.75, 3.05) is 17.6 Å². The van der Waals surface area contributed by atoms with Gasteiger partial charge in [-0.25, -0.2) is 4.98 Å². The van der Waals surface area contributed by atoms with E-state index in [1.165, 1.54) is 6.20 Å². The maximum atomic E-state index is 10.0. The van der Waals surface area contributed by atoms with Crippen molar-refractivity contribution in [1.29, 1.82) is 0 Å². The summed E-state index contributed by atoms with van der Waals surface area (Å²) in [4.78, 5) is 4.05. The molecule has 0 aliphatic rings. The molecule has 2 aromatic rings. The first-order chi connectivity index (χ1) is 9.06. The first kappa shape index (κ1) is 13.9. The minimum atomic E-state index is -0.672. The molecular formula is C13H13Cl2N3O. The molecule has 1 unspecified atom stereocenters. The zero-order valence-electron chi connectivity index (χ0n) is 9.98. The number of hydrogen-bond acceptors (Lipinski definition) is 4. The van der Waals surface area contributed by atoms with Gasteiger partial charge in [0.1, 0.15) is 5.82 Å². The number of nitrogens with zero attached hydrogens (tertiary/aromatic N) is 1. The van der Waals surface area contributed by atoms with Gasteiger partial charge in [-0.15, -0.1) is 0 Å². The molecule has 0 radical (unpaired) electrons. The van der Waals surface area contributed by atoms with E-state index >= 15 is 0 Å². The summed E-state index contributed by atoms with van der Waals surface area (Å²) >= 11 is 11.7. The molecule has 0 bridgehead atoms. The number of rotatable bonds is 4. The quantitative estimate of drug-likeness (QED) is 0.758. The number of aliphatic hydroxyl groups is 1. The Hall–Kier alpha value is -1.49. The molecule has 1 aromatic heterocycles. The Labute approximate surface area is 121 Å². The van der Waals surface area contributed by atoms with Crippen molar-refractivity contribution < 1.29 is 5.11 Å². The lowest BCUT2D eigenvalue weighted by Crippen LogP contribution is -2.13. The van der Waals surface area contributed by atoms with E-state index in [9.17, 15) is 5.11 Å². The summed E-state index contributed by atoms with van der Waals surface area (Å²) in [5.74, 6) is 0.487. The van der Waals surface area contributed by atoms with Crippen molar-refractivity contribution in [3.05, 3.63) is 52.1 Å². The molecule has 0 saturated carbocycles. The second-order valence-corrected chi connectivity index (χ2v) is 4.89. The van der Waals surface area contributed by atoms with Gasteiger partial charge in [-0.1, -0.05) is 35.3 Å². The number of benzene rings is 1. The average molecular weight is 298 g/mol. The van der Waals surface area contributed by atoms with Gasteiger partial charge in [0.05, 0.1) is 16.1 Å². The van der Waals surface area contributed by atoms with E-state index in [1.54, 1.807) is 30.3 Å². The Balaban J connectivity index is 2.00. The van der Waals surface area contributed by atoms with Crippen LogP contribution in [0.2, 0.25) is 10.0 Å². The normalized spacial score (nSPS) is 12.2. The van der Waals surface area contributed by atoms with Crippen molar-refractivity contribution in [1.82, 2.24) is 4.98 Å². The number of hydrogen-bond donors (Lipinski definition) is 3. The van der Waals surface area contributed by atoms with Crippen LogP contribution in [-0.2, 0) is 0 Å². The van der Waals surface area contributed by atoms with Crippen molar-refractivity contribution >= 4 is 34.7 Å². The van der Waals surface area contributed by atoms with Gasteiger partial charge in [0.25, 0.3) is 0 Å². The number of nitrogens with one attached hydrogen (secondary N) is 1. The monoisotopic (exact) mass is 297 g/mol. The van der Waals surface area contributed by atoms with Crippen LogP contribution in [0.25, 0.3) is 0 Å². The molecule has 2 rings (SSSR count). The van der Waals surface area contributed by atoms with Crippen molar-refractivity contribution in [2.24, 2.45) is 0 Å². The van der Waals surface area contributed by atoms with Gasteiger partial charge in [0.15, 0.2) is 0 Å². The summed E-state index contributed by atoms with van der Waals surface area (Å²) in [5.41, 5.74) is 7.02. The Morgan fingerprint density at radius 3 is 2.58 bits per heavy atom.